The van der Waals surface area contributed by atoms with Crippen LogP contribution in [0.1, 0.15) is 155 Å². The molecule has 0 radical (unpaired) electrons. The lowest BCUT2D eigenvalue weighted by Gasteiger charge is -2.19. The summed E-state index contributed by atoms with van der Waals surface area (Å²) < 4.78 is 18.8. The Morgan fingerprint density at radius 1 is 0.814 bits per heavy atom. The van der Waals surface area contributed by atoms with Crippen LogP contribution < -0.4 is 11.2 Å². The number of hydrogen-bond donors (Lipinski definition) is 1. The van der Waals surface area contributed by atoms with E-state index in [0.717, 1.165) is 38.5 Å². The fraction of sp³-hybridized carbons (Fsp3) is 0.818. The lowest BCUT2D eigenvalue weighted by atomic mass is 10.1. The first kappa shape index (κ1) is 37.2. The third-order valence-electron chi connectivity index (χ3n) is 8.08. The highest BCUT2D eigenvalue weighted by atomic mass is 79.9. The first-order chi connectivity index (χ1) is 20.8. The summed E-state index contributed by atoms with van der Waals surface area (Å²) in [5.41, 5.74) is -1.16. The van der Waals surface area contributed by atoms with Gasteiger partial charge in [0.25, 0.3) is 5.56 Å². The van der Waals surface area contributed by atoms with E-state index in [2.05, 4.69) is 34.8 Å². The number of nitrogens with zero attached hydrogens (tertiary/aromatic N) is 1. The van der Waals surface area contributed by atoms with Crippen LogP contribution >= 0.6 is 15.9 Å². The zero-order chi connectivity index (χ0) is 31.3. The average molecular weight is 672 g/mol. The van der Waals surface area contributed by atoms with Crippen LogP contribution in [0.15, 0.2) is 20.3 Å². The Bertz CT molecular complexity index is 1040. The van der Waals surface area contributed by atoms with Gasteiger partial charge in [-0.25, -0.2) is 4.79 Å². The quantitative estimate of drug-likeness (QED) is 0.0878. The summed E-state index contributed by atoms with van der Waals surface area (Å²) in [5.74, 6) is -0.628. The minimum absolute atomic E-state index is 0.0674. The predicted octanol–water partition coefficient (Wildman–Crippen LogP) is 7.88. The number of H-pyrrole nitrogens is 1. The van der Waals surface area contributed by atoms with Crippen LogP contribution in [0.3, 0.4) is 0 Å². The van der Waals surface area contributed by atoms with E-state index in [1.807, 2.05) is 0 Å². The van der Waals surface area contributed by atoms with E-state index < -0.39 is 29.7 Å². The molecule has 3 atom stereocenters. The largest absolute Gasteiger partial charge is 0.463 e. The maximum atomic E-state index is 12.7. The van der Waals surface area contributed by atoms with Crippen LogP contribution in [0.5, 0.6) is 0 Å². The Balaban J connectivity index is 1.80. The molecule has 1 aliphatic rings. The molecule has 1 aromatic heterocycles. The third-order valence-corrected chi connectivity index (χ3v) is 8.64. The van der Waals surface area contributed by atoms with Gasteiger partial charge in [-0.1, -0.05) is 117 Å². The van der Waals surface area contributed by atoms with E-state index in [-0.39, 0.29) is 29.4 Å². The summed E-state index contributed by atoms with van der Waals surface area (Å²) in [6.45, 7) is 4.37. The van der Waals surface area contributed by atoms with Crippen molar-refractivity contribution >= 4 is 27.9 Å². The van der Waals surface area contributed by atoms with Gasteiger partial charge in [-0.05, 0) is 28.8 Å². The number of aromatic nitrogens is 2. The molecular formula is C33H55BrN2O7. The lowest BCUT2D eigenvalue weighted by Crippen LogP contribution is -2.33. The minimum atomic E-state index is -0.771. The van der Waals surface area contributed by atoms with Gasteiger partial charge in [-0.15, -0.1) is 0 Å². The summed E-state index contributed by atoms with van der Waals surface area (Å²) in [6.07, 6.45) is 20.9. The summed E-state index contributed by atoms with van der Waals surface area (Å²) in [6, 6.07) is 0. The number of nitrogens with one attached hydrogen (secondary N) is 1. The molecule has 0 spiro atoms. The summed E-state index contributed by atoms with van der Waals surface area (Å²) in [5, 5.41) is 0. The molecule has 1 aliphatic heterocycles. The van der Waals surface area contributed by atoms with E-state index in [9.17, 15) is 19.2 Å². The molecular weight excluding hydrogens is 616 g/mol. The van der Waals surface area contributed by atoms with Gasteiger partial charge in [-0.3, -0.25) is 23.9 Å². The van der Waals surface area contributed by atoms with Crippen LogP contribution in [0.25, 0.3) is 0 Å². The van der Waals surface area contributed by atoms with Gasteiger partial charge < -0.3 is 14.2 Å². The zero-order valence-corrected chi connectivity index (χ0v) is 28.1. The summed E-state index contributed by atoms with van der Waals surface area (Å²) in [7, 11) is 0. The Labute approximate surface area is 266 Å². The number of hydrogen-bond acceptors (Lipinski definition) is 7. The fourth-order valence-electron chi connectivity index (χ4n) is 5.45. The molecule has 0 amide bonds. The van der Waals surface area contributed by atoms with Crippen molar-refractivity contribution in [3.63, 3.8) is 0 Å². The number of rotatable bonds is 24. The van der Waals surface area contributed by atoms with Gasteiger partial charge in [0.2, 0.25) is 0 Å². The van der Waals surface area contributed by atoms with Gasteiger partial charge in [0.1, 0.15) is 25.0 Å². The van der Waals surface area contributed by atoms with Crippen LogP contribution in [-0.2, 0) is 23.8 Å². The van der Waals surface area contributed by atoms with Gasteiger partial charge >= 0.3 is 17.6 Å². The van der Waals surface area contributed by atoms with Crippen molar-refractivity contribution in [2.75, 3.05) is 6.61 Å². The van der Waals surface area contributed by atoms with Gasteiger partial charge in [0.15, 0.2) is 0 Å². The van der Waals surface area contributed by atoms with Crippen LogP contribution in [0, 0.1) is 0 Å². The van der Waals surface area contributed by atoms with Crippen LogP contribution in [0.2, 0.25) is 0 Å². The highest BCUT2D eigenvalue weighted by Gasteiger charge is 2.40. The number of aromatic amines is 1. The van der Waals surface area contributed by atoms with E-state index in [1.54, 1.807) is 0 Å². The maximum Gasteiger partial charge on any atom is 0.330 e. The molecule has 1 aromatic rings. The lowest BCUT2D eigenvalue weighted by molar-refractivity contribution is -0.158. The second-order valence-electron chi connectivity index (χ2n) is 11.9. The van der Waals surface area contributed by atoms with Crippen molar-refractivity contribution < 1.29 is 23.8 Å². The highest BCUT2D eigenvalue weighted by Crippen LogP contribution is 2.31. The maximum absolute atomic E-state index is 12.7. The molecule has 43 heavy (non-hydrogen) atoms. The molecule has 1 N–H and O–H groups in total. The average Bonchev–Trinajstić information content (AvgIpc) is 3.38. The van der Waals surface area contributed by atoms with Crippen molar-refractivity contribution in [2.24, 2.45) is 0 Å². The van der Waals surface area contributed by atoms with Crippen molar-refractivity contribution in [1.29, 1.82) is 0 Å². The molecule has 10 heteroatoms. The van der Waals surface area contributed by atoms with Crippen LogP contribution in [-0.4, -0.2) is 40.3 Å². The van der Waals surface area contributed by atoms with Crippen molar-refractivity contribution in [2.45, 2.75) is 167 Å². The Hall–Kier alpha value is -1.94. The molecule has 2 rings (SSSR count). The number of esters is 2. The smallest absolute Gasteiger partial charge is 0.330 e. The van der Waals surface area contributed by atoms with Gasteiger partial charge in [0, 0.05) is 25.5 Å². The second-order valence-corrected chi connectivity index (χ2v) is 12.7. The monoisotopic (exact) mass is 670 g/mol. The fourth-order valence-corrected chi connectivity index (χ4v) is 5.77. The van der Waals surface area contributed by atoms with Crippen molar-refractivity contribution in [3.05, 3.63) is 31.5 Å². The minimum Gasteiger partial charge on any atom is -0.463 e. The molecule has 0 aromatic carbocycles. The van der Waals surface area contributed by atoms with Crippen molar-refractivity contribution in [3.8, 4) is 0 Å². The Morgan fingerprint density at radius 3 is 1.84 bits per heavy atom. The molecule has 1 saturated heterocycles. The van der Waals surface area contributed by atoms with Crippen LogP contribution in [0.4, 0.5) is 0 Å². The topological polar surface area (TPSA) is 117 Å². The van der Waals surface area contributed by atoms with Gasteiger partial charge in [0.05, 0.1) is 4.47 Å². The standard InChI is InChI=1S/C33H55BrN2O7/c1-3-5-7-9-11-13-15-17-19-21-30(37)41-25-28-27(23-29(42-28)36-24-26(34)32(39)35-33(36)40)43-31(38)22-20-18-16-14-12-10-8-6-4-2/h24,27-29H,3-23,25H2,1-2H3,(H,35,39,40)/t27?,28-,29-/m0/s1. The second kappa shape index (κ2) is 22.6. The first-order valence-electron chi connectivity index (χ1n) is 16.9. The number of ether oxygens (including phenoxy) is 3. The molecule has 0 bridgehead atoms. The molecule has 0 saturated carbocycles. The molecule has 0 aliphatic carbocycles. The molecule has 9 nitrogen and oxygen atoms in total. The highest BCUT2D eigenvalue weighted by molar-refractivity contribution is 9.10. The Morgan fingerprint density at radius 2 is 1.30 bits per heavy atom. The molecule has 246 valence electrons. The van der Waals surface area contributed by atoms with E-state index in [4.69, 9.17) is 14.2 Å². The number of carbonyl (C=O) groups excluding carboxylic acids is 2. The van der Waals surface area contributed by atoms with E-state index in [1.165, 1.54) is 87.8 Å². The molecule has 1 fully saturated rings. The van der Waals surface area contributed by atoms with E-state index in [0.29, 0.717) is 12.8 Å². The normalized spacial score (nSPS) is 18.2. The number of unbranched alkanes of at least 4 members (excludes halogenated alkanes) is 16. The third kappa shape index (κ3) is 15.6. The zero-order valence-electron chi connectivity index (χ0n) is 26.5. The predicted molar refractivity (Wildman–Crippen MR) is 172 cm³/mol. The van der Waals surface area contributed by atoms with Gasteiger partial charge in [-0.2, -0.15) is 0 Å². The first-order valence-corrected chi connectivity index (χ1v) is 17.7. The SMILES string of the molecule is CCCCCCCCCCCC(=O)OC[C@@H]1O[C@H](n2cc(Br)c(=O)[nH]c2=O)CC1OC(=O)CCCCCCCCCCC. The van der Waals surface area contributed by atoms with E-state index >= 15 is 0 Å². The molecule has 1 unspecified atom stereocenters. The number of halogens is 1. The number of carbonyl (C=O) groups is 2. The Kier molecular flexibility index (Phi) is 19.5. The summed E-state index contributed by atoms with van der Waals surface area (Å²) >= 11 is 3.15. The molecule has 2 heterocycles. The van der Waals surface area contributed by atoms with Crippen molar-refractivity contribution in [1.82, 2.24) is 9.55 Å². The summed E-state index contributed by atoms with van der Waals surface area (Å²) in [4.78, 5) is 51.6.